The van der Waals surface area contributed by atoms with Crippen LogP contribution < -0.4 is 0 Å². The van der Waals surface area contributed by atoms with Crippen LogP contribution in [-0.2, 0) is 15.5 Å². The van der Waals surface area contributed by atoms with Crippen LogP contribution >= 0.6 is 0 Å². The second-order valence-corrected chi connectivity index (χ2v) is 4.54. The SMILES string of the molecule is CCCC(OS(=O)[O-])C(C)(C)C. The minimum Gasteiger partial charge on any atom is -0.750 e. The summed E-state index contributed by atoms with van der Waals surface area (Å²) in [5.74, 6) is 0. The van der Waals surface area contributed by atoms with Crippen molar-refractivity contribution in [3.63, 3.8) is 0 Å². The van der Waals surface area contributed by atoms with E-state index in [0.717, 1.165) is 12.8 Å². The Bertz CT molecular complexity index is 151. The third-order valence-corrected chi connectivity index (χ3v) is 2.10. The highest BCUT2D eigenvalue weighted by molar-refractivity contribution is 7.74. The molecule has 0 heterocycles. The highest BCUT2D eigenvalue weighted by atomic mass is 32.2. The molecule has 2 unspecified atom stereocenters. The lowest BCUT2D eigenvalue weighted by Crippen LogP contribution is -2.29. The Labute approximate surface area is 77.0 Å². The summed E-state index contributed by atoms with van der Waals surface area (Å²) in [4.78, 5) is 0. The van der Waals surface area contributed by atoms with E-state index in [1.165, 1.54) is 0 Å². The van der Waals surface area contributed by atoms with Crippen molar-refractivity contribution in [1.29, 1.82) is 0 Å². The van der Waals surface area contributed by atoms with Gasteiger partial charge >= 0.3 is 0 Å². The van der Waals surface area contributed by atoms with Crippen LogP contribution in [0.3, 0.4) is 0 Å². The molecule has 0 N–H and O–H groups in total. The normalized spacial score (nSPS) is 17.4. The van der Waals surface area contributed by atoms with E-state index in [4.69, 9.17) is 4.18 Å². The van der Waals surface area contributed by atoms with Gasteiger partial charge in [-0.3, -0.25) is 4.18 Å². The van der Waals surface area contributed by atoms with Crippen molar-refractivity contribution in [3.8, 4) is 0 Å². The molecule has 12 heavy (non-hydrogen) atoms. The van der Waals surface area contributed by atoms with Crippen molar-refractivity contribution in [2.75, 3.05) is 0 Å². The molecule has 0 spiro atoms. The molecular formula is C8H17O3S-. The van der Waals surface area contributed by atoms with Gasteiger partial charge in [-0.05, 0) is 11.8 Å². The Morgan fingerprint density at radius 2 is 2.00 bits per heavy atom. The van der Waals surface area contributed by atoms with Gasteiger partial charge in [0, 0.05) is 0 Å². The molecule has 4 heteroatoms. The zero-order valence-electron chi connectivity index (χ0n) is 8.12. The first kappa shape index (κ1) is 12.1. The van der Waals surface area contributed by atoms with Gasteiger partial charge in [0.05, 0.1) is 17.5 Å². The molecule has 0 aliphatic rings. The molecule has 0 rings (SSSR count). The second kappa shape index (κ2) is 4.94. The predicted octanol–water partition coefficient (Wildman–Crippen LogP) is 2.01. The molecule has 2 atom stereocenters. The summed E-state index contributed by atoms with van der Waals surface area (Å²) in [5.41, 5.74) is -0.115. The maximum atomic E-state index is 10.3. The van der Waals surface area contributed by atoms with E-state index in [1.807, 2.05) is 27.7 Å². The molecule has 0 amide bonds. The lowest BCUT2D eigenvalue weighted by atomic mass is 9.87. The first-order valence-electron chi connectivity index (χ1n) is 4.14. The van der Waals surface area contributed by atoms with Crippen molar-refractivity contribution in [2.45, 2.75) is 46.6 Å². The second-order valence-electron chi connectivity index (χ2n) is 3.94. The molecule has 0 aromatic heterocycles. The summed E-state index contributed by atoms with van der Waals surface area (Å²) < 4.78 is 25.4. The molecule has 0 aliphatic carbocycles. The van der Waals surface area contributed by atoms with Crippen LogP contribution in [0.5, 0.6) is 0 Å². The van der Waals surface area contributed by atoms with Gasteiger partial charge < -0.3 is 4.55 Å². The third kappa shape index (κ3) is 4.85. The van der Waals surface area contributed by atoms with E-state index in [-0.39, 0.29) is 11.5 Å². The Balaban J connectivity index is 4.13. The highest BCUT2D eigenvalue weighted by Crippen LogP contribution is 2.26. The summed E-state index contributed by atoms with van der Waals surface area (Å²) in [7, 11) is 0. The molecule has 0 saturated heterocycles. The van der Waals surface area contributed by atoms with Crippen molar-refractivity contribution in [2.24, 2.45) is 5.41 Å². The molecule has 0 aromatic carbocycles. The fourth-order valence-corrected chi connectivity index (χ4v) is 1.56. The van der Waals surface area contributed by atoms with Gasteiger partial charge in [-0.1, -0.05) is 34.1 Å². The highest BCUT2D eigenvalue weighted by Gasteiger charge is 2.24. The van der Waals surface area contributed by atoms with Crippen molar-refractivity contribution < 1.29 is 12.9 Å². The average molecular weight is 193 g/mol. The van der Waals surface area contributed by atoms with E-state index in [0.29, 0.717) is 0 Å². The molecular weight excluding hydrogens is 176 g/mol. The first-order valence-corrected chi connectivity index (χ1v) is 5.14. The Hall–Kier alpha value is 0.0700. The zero-order valence-corrected chi connectivity index (χ0v) is 8.94. The summed E-state index contributed by atoms with van der Waals surface area (Å²) in [6, 6.07) is 0. The van der Waals surface area contributed by atoms with Gasteiger partial charge in [0.2, 0.25) is 0 Å². The number of hydrogen-bond donors (Lipinski definition) is 0. The average Bonchev–Trinajstić information content (AvgIpc) is 1.83. The van der Waals surface area contributed by atoms with Crippen LogP contribution in [0.2, 0.25) is 0 Å². The van der Waals surface area contributed by atoms with E-state index < -0.39 is 11.4 Å². The van der Waals surface area contributed by atoms with Gasteiger partial charge in [0.15, 0.2) is 0 Å². The van der Waals surface area contributed by atoms with E-state index in [9.17, 15) is 8.76 Å². The van der Waals surface area contributed by atoms with Crippen molar-refractivity contribution >= 4 is 11.4 Å². The lowest BCUT2D eigenvalue weighted by molar-refractivity contribution is 0.0812. The lowest BCUT2D eigenvalue weighted by Gasteiger charge is -2.30. The van der Waals surface area contributed by atoms with E-state index in [1.54, 1.807) is 0 Å². The molecule has 0 bridgehead atoms. The largest absolute Gasteiger partial charge is 0.750 e. The predicted molar refractivity (Wildman–Crippen MR) is 48.2 cm³/mol. The minimum atomic E-state index is -2.39. The smallest absolute Gasteiger partial charge is 0.0845 e. The quantitative estimate of drug-likeness (QED) is 0.642. The number of hydrogen-bond acceptors (Lipinski definition) is 3. The van der Waals surface area contributed by atoms with Gasteiger partial charge in [-0.15, -0.1) is 0 Å². The van der Waals surface area contributed by atoms with Gasteiger partial charge in [0.25, 0.3) is 0 Å². The number of rotatable bonds is 4. The van der Waals surface area contributed by atoms with Crippen molar-refractivity contribution in [1.82, 2.24) is 0 Å². The molecule has 0 radical (unpaired) electrons. The van der Waals surface area contributed by atoms with Crippen LogP contribution in [0.1, 0.15) is 40.5 Å². The van der Waals surface area contributed by atoms with Gasteiger partial charge in [-0.25, -0.2) is 4.21 Å². The van der Waals surface area contributed by atoms with Crippen molar-refractivity contribution in [3.05, 3.63) is 0 Å². The topological polar surface area (TPSA) is 49.4 Å². The monoisotopic (exact) mass is 193 g/mol. The Morgan fingerprint density at radius 3 is 2.25 bits per heavy atom. The van der Waals surface area contributed by atoms with Crippen LogP contribution in [0.4, 0.5) is 0 Å². The van der Waals surface area contributed by atoms with E-state index >= 15 is 0 Å². The fraction of sp³-hybridized carbons (Fsp3) is 1.00. The maximum Gasteiger partial charge on any atom is 0.0845 e. The molecule has 3 nitrogen and oxygen atoms in total. The minimum absolute atomic E-state index is 0.115. The molecule has 74 valence electrons. The summed E-state index contributed by atoms with van der Waals surface area (Å²) in [5, 5.41) is 0. The van der Waals surface area contributed by atoms with Crippen LogP contribution in [0, 0.1) is 5.41 Å². The zero-order chi connectivity index (χ0) is 9.78. The first-order chi connectivity index (χ1) is 5.38. The Morgan fingerprint density at radius 1 is 1.50 bits per heavy atom. The third-order valence-electron chi connectivity index (χ3n) is 1.71. The van der Waals surface area contributed by atoms with Crippen LogP contribution in [-0.4, -0.2) is 14.9 Å². The molecule has 0 aliphatic heterocycles. The van der Waals surface area contributed by atoms with Crippen LogP contribution in [0.25, 0.3) is 0 Å². The van der Waals surface area contributed by atoms with Gasteiger partial charge in [-0.2, -0.15) is 0 Å². The standard InChI is InChI=1S/C8H18O3S/c1-5-6-7(8(2,3)4)11-12(9)10/h7H,5-6H2,1-4H3,(H,9,10)/p-1. The molecule has 0 fully saturated rings. The van der Waals surface area contributed by atoms with E-state index in [2.05, 4.69) is 0 Å². The summed E-state index contributed by atoms with van der Waals surface area (Å²) >= 11 is -2.39. The van der Waals surface area contributed by atoms with Crippen LogP contribution in [0.15, 0.2) is 0 Å². The molecule has 0 saturated carbocycles. The fourth-order valence-electron chi connectivity index (χ4n) is 0.982. The molecule has 0 aromatic rings. The summed E-state index contributed by atoms with van der Waals surface area (Å²) in [6.45, 7) is 7.93. The van der Waals surface area contributed by atoms with Gasteiger partial charge in [0.1, 0.15) is 0 Å². The Kier molecular flexibility index (Phi) is 4.97. The summed E-state index contributed by atoms with van der Waals surface area (Å²) in [6.07, 6.45) is 1.50. The maximum absolute atomic E-state index is 10.3.